The maximum atomic E-state index is 13.0. The third-order valence-electron chi connectivity index (χ3n) is 4.84. The van der Waals surface area contributed by atoms with E-state index in [1.807, 2.05) is 19.1 Å². The van der Waals surface area contributed by atoms with Gasteiger partial charge in [0, 0.05) is 33.2 Å². The van der Waals surface area contributed by atoms with Crippen LogP contribution in [0.15, 0.2) is 16.5 Å². The average Bonchev–Trinajstić information content (AvgIpc) is 3.26. The largest absolute Gasteiger partial charge is 0.464 e. The molecular formula is C16H26N2O4S. The first kappa shape index (κ1) is 17.0. The molecule has 2 saturated heterocycles. The fourth-order valence-electron chi connectivity index (χ4n) is 3.59. The quantitative estimate of drug-likeness (QED) is 0.795. The van der Waals surface area contributed by atoms with Crippen molar-refractivity contribution in [1.29, 1.82) is 0 Å². The highest BCUT2D eigenvalue weighted by Gasteiger charge is 2.42. The van der Waals surface area contributed by atoms with Gasteiger partial charge in [0.2, 0.25) is 0 Å². The Bertz CT molecular complexity index is 628. The highest BCUT2D eigenvalue weighted by atomic mass is 32.2. The van der Waals surface area contributed by atoms with Crippen molar-refractivity contribution in [2.45, 2.75) is 38.6 Å². The van der Waals surface area contributed by atoms with Crippen molar-refractivity contribution in [3.05, 3.63) is 23.7 Å². The number of hydrogen-bond acceptors (Lipinski definition) is 4. The highest BCUT2D eigenvalue weighted by Crippen LogP contribution is 2.37. The van der Waals surface area contributed by atoms with Gasteiger partial charge in [-0.1, -0.05) is 6.92 Å². The van der Waals surface area contributed by atoms with E-state index >= 15 is 0 Å². The van der Waals surface area contributed by atoms with E-state index in [0.29, 0.717) is 32.2 Å². The molecule has 2 aliphatic heterocycles. The van der Waals surface area contributed by atoms with E-state index in [0.717, 1.165) is 37.2 Å². The van der Waals surface area contributed by atoms with Crippen LogP contribution >= 0.6 is 0 Å². The van der Waals surface area contributed by atoms with E-state index in [9.17, 15) is 8.42 Å². The molecule has 2 atom stereocenters. The zero-order chi connectivity index (χ0) is 16.4. The SMILES string of the molecule is CCc1ccc([C@H]2CCCN2S(=O)(=O)N2CC[C@H](COC)C2)o1. The van der Waals surface area contributed by atoms with E-state index in [2.05, 4.69) is 0 Å². The molecule has 0 aromatic carbocycles. The second kappa shape index (κ2) is 6.93. The summed E-state index contributed by atoms with van der Waals surface area (Å²) in [6, 6.07) is 3.71. The van der Waals surface area contributed by atoms with Crippen molar-refractivity contribution in [2.24, 2.45) is 5.92 Å². The van der Waals surface area contributed by atoms with Crippen LogP contribution in [0.1, 0.15) is 43.7 Å². The van der Waals surface area contributed by atoms with Gasteiger partial charge in [-0.2, -0.15) is 17.0 Å². The number of ether oxygens (including phenoxy) is 1. The Morgan fingerprint density at radius 1 is 1.30 bits per heavy atom. The Morgan fingerprint density at radius 3 is 2.83 bits per heavy atom. The van der Waals surface area contributed by atoms with Crippen LogP contribution in [-0.2, 0) is 21.4 Å². The van der Waals surface area contributed by atoms with Crippen molar-refractivity contribution < 1.29 is 17.6 Å². The van der Waals surface area contributed by atoms with Crippen molar-refractivity contribution in [2.75, 3.05) is 33.4 Å². The molecule has 0 radical (unpaired) electrons. The van der Waals surface area contributed by atoms with Gasteiger partial charge in [-0.3, -0.25) is 0 Å². The lowest BCUT2D eigenvalue weighted by atomic mass is 10.1. The molecule has 3 rings (SSSR count). The van der Waals surface area contributed by atoms with Crippen LogP contribution < -0.4 is 0 Å². The van der Waals surface area contributed by atoms with Crippen LogP contribution in [0.3, 0.4) is 0 Å². The van der Waals surface area contributed by atoms with Gasteiger partial charge in [-0.25, -0.2) is 0 Å². The lowest BCUT2D eigenvalue weighted by Crippen LogP contribution is -2.42. The number of methoxy groups -OCH3 is 1. The van der Waals surface area contributed by atoms with E-state index in [4.69, 9.17) is 9.15 Å². The molecule has 23 heavy (non-hydrogen) atoms. The predicted molar refractivity (Wildman–Crippen MR) is 87.2 cm³/mol. The van der Waals surface area contributed by atoms with Gasteiger partial charge in [-0.15, -0.1) is 0 Å². The van der Waals surface area contributed by atoms with Crippen molar-refractivity contribution in [3.8, 4) is 0 Å². The monoisotopic (exact) mass is 342 g/mol. The maximum absolute atomic E-state index is 13.0. The molecule has 3 heterocycles. The lowest BCUT2D eigenvalue weighted by Gasteiger charge is -2.27. The third-order valence-corrected chi connectivity index (χ3v) is 6.85. The highest BCUT2D eigenvalue weighted by molar-refractivity contribution is 7.86. The van der Waals surface area contributed by atoms with Crippen LogP contribution in [0.4, 0.5) is 0 Å². The van der Waals surface area contributed by atoms with Gasteiger partial charge >= 0.3 is 0 Å². The summed E-state index contributed by atoms with van der Waals surface area (Å²) < 4.78 is 40.3. The molecule has 130 valence electrons. The van der Waals surface area contributed by atoms with Crippen LogP contribution in [-0.4, -0.2) is 50.4 Å². The lowest BCUT2D eigenvalue weighted by molar-refractivity contribution is 0.157. The fraction of sp³-hybridized carbons (Fsp3) is 0.750. The van der Waals surface area contributed by atoms with Gasteiger partial charge < -0.3 is 9.15 Å². The molecule has 7 heteroatoms. The predicted octanol–water partition coefficient (Wildman–Crippen LogP) is 2.19. The fourth-order valence-corrected chi connectivity index (χ4v) is 5.51. The summed E-state index contributed by atoms with van der Waals surface area (Å²) in [5.74, 6) is 1.98. The molecule has 1 aromatic heterocycles. The smallest absolute Gasteiger partial charge is 0.282 e. The first-order valence-corrected chi connectivity index (χ1v) is 9.80. The summed E-state index contributed by atoms with van der Waals surface area (Å²) in [5, 5.41) is 0. The molecule has 2 fully saturated rings. The Kier molecular flexibility index (Phi) is 5.10. The van der Waals surface area contributed by atoms with E-state index in [1.54, 1.807) is 15.7 Å². The van der Waals surface area contributed by atoms with Gasteiger partial charge in [-0.05, 0) is 37.3 Å². The minimum Gasteiger partial charge on any atom is -0.464 e. The Labute approximate surface area is 138 Å². The standard InChI is InChI=1S/C16H26N2O4S/c1-3-14-6-7-16(22-14)15-5-4-9-18(15)23(19,20)17-10-8-13(11-17)12-21-2/h6-7,13,15H,3-5,8-12H2,1-2H3/t13-,15+/m0/s1. The normalized spacial score (nSPS) is 27.0. The summed E-state index contributed by atoms with van der Waals surface area (Å²) in [5.41, 5.74) is 0. The van der Waals surface area contributed by atoms with Crippen LogP contribution in [0, 0.1) is 5.92 Å². The molecule has 0 N–H and O–H groups in total. The van der Waals surface area contributed by atoms with Gasteiger partial charge in [0.15, 0.2) is 0 Å². The molecule has 2 aliphatic rings. The topological polar surface area (TPSA) is 63.0 Å². The molecule has 1 aromatic rings. The number of hydrogen-bond donors (Lipinski definition) is 0. The molecule has 0 amide bonds. The van der Waals surface area contributed by atoms with E-state index in [-0.39, 0.29) is 6.04 Å². The van der Waals surface area contributed by atoms with Gasteiger partial charge in [0.05, 0.1) is 12.6 Å². The van der Waals surface area contributed by atoms with Crippen molar-refractivity contribution in [1.82, 2.24) is 8.61 Å². The second-order valence-corrected chi connectivity index (χ2v) is 8.28. The summed E-state index contributed by atoms with van der Waals surface area (Å²) in [6.45, 7) is 4.36. The molecular weight excluding hydrogens is 316 g/mol. The Hall–Kier alpha value is -0.890. The number of aryl methyl sites for hydroxylation is 1. The van der Waals surface area contributed by atoms with Crippen LogP contribution in [0.5, 0.6) is 0 Å². The van der Waals surface area contributed by atoms with Crippen LogP contribution in [0.2, 0.25) is 0 Å². The Balaban J connectivity index is 1.76. The zero-order valence-electron chi connectivity index (χ0n) is 13.9. The molecule has 0 aliphatic carbocycles. The summed E-state index contributed by atoms with van der Waals surface area (Å²) in [4.78, 5) is 0. The maximum Gasteiger partial charge on any atom is 0.282 e. The van der Waals surface area contributed by atoms with Crippen molar-refractivity contribution >= 4 is 10.2 Å². The van der Waals surface area contributed by atoms with Gasteiger partial charge in [0.25, 0.3) is 10.2 Å². The molecule has 0 spiro atoms. The first-order chi connectivity index (χ1) is 11.1. The Morgan fingerprint density at radius 2 is 2.13 bits per heavy atom. The number of nitrogens with zero attached hydrogens (tertiary/aromatic N) is 2. The number of rotatable bonds is 6. The minimum absolute atomic E-state index is 0.165. The average molecular weight is 342 g/mol. The molecule has 6 nitrogen and oxygen atoms in total. The molecule has 0 unspecified atom stereocenters. The summed E-state index contributed by atoms with van der Waals surface area (Å²) in [7, 11) is -1.77. The van der Waals surface area contributed by atoms with Gasteiger partial charge in [0.1, 0.15) is 11.5 Å². The summed E-state index contributed by atoms with van der Waals surface area (Å²) in [6.07, 6.45) is 3.39. The zero-order valence-corrected chi connectivity index (χ0v) is 14.7. The molecule has 0 bridgehead atoms. The van der Waals surface area contributed by atoms with Crippen LogP contribution in [0.25, 0.3) is 0 Å². The second-order valence-electron chi connectivity index (χ2n) is 6.40. The minimum atomic E-state index is -3.43. The number of furan rings is 1. The van der Waals surface area contributed by atoms with E-state index < -0.39 is 10.2 Å². The first-order valence-electron chi connectivity index (χ1n) is 8.40. The van der Waals surface area contributed by atoms with Crippen molar-refractivity contribution in [3.63, 3.8) is 0 Å². The molecule has 0 saturated carbocycles. The third kappa shape index (κ3) is 3.33. The van der Waals surface area contributed by atoms with E-state index in [1.165, 1.54) is 0 Å². The summed E-state index contributed by atoms with van der Waals surface area (Å²) >= 11 is 0.